The van der Waals surface area contributed by atoms with Crippen LogP contribution in [0.5, 0.6) is 0 Å². The zero-order chi connectivity index (χ0) is 21.6. The van der Waals surface area contributed by atoms with Gasteiger partial charge in [-0.3, -0.25) is 0 Å². The average Bonchev–Trinajstić information content (AvgIpc) is 2.75. The summed E-state index contributed by atoms with van der Waals surface area (Å²) in [5.74, 6) is 0.547. The van der Waals surface area contributed by atoms with Gasteiger partial charge in [0.05, 0.1) is 0 Å². The Balaban J connectivity index is 0.00000341. The first-order chi connectivity index (χ1) is 14.3. The number of carbonyl (C=O) groups excluding carboxylic acids is 1. The van der Waals surface area contributed by atoms with Crippen molar-refractivity contribution in [2.24, 2.45) is 0 Å². The molecular weight excluding hydrogens is 487 g/mol. The molecule has 31 heavy (non-hydrogen) atoms. The number of halogens is 1. The van der Waals surface area contributed by atoms with Gasteiger partial charge in [-0.15, -0.1) is 12.4 Å². The predicted octanol–water partition coefficient (Wildman–Crippen LogP) is 5.90. The SMILES string of the molecule is CC(C)(C)OC(=O)[C@@H]([AsH2])CSC(c1ccccc1)(c1ccccc1)c1ccccc1.Cl. The molecule has 0 amide bonds. The molecule has 3 aromatic rings. The molecule has 5 heteroatoms. The molecule has 2 atom stereocenters. The van der Waals surface area contributed by atoms with Crippen LogP contribution >= 0.6 is 24.2 Å². The van der Waals surface area contributed by atoms with Crippen molar-refractivity contribution >= 4 is 47.0 Å². The third kappa shape index (κ3) is 6.41. The van der Waals surface area contributed by atoms with Gasteiger partial charge in [-0.25, -0.2) is 0 Å². The standard InChI is InChI=1S/C26H29AsO2S.ClH/c1-25(2,3)29-24(28)23(27)19-30-26(20-13-7-4-8-14-20,21-15-9-5-10-16-21)22-17-11-6-12-18-22;/h4-18,23H,19,27H2,1-3H3;1H/t23-;/m0./s1. The quantitative estimate of drug-likeness (QED) is 0.222. The molecule has 0 aliphatic rings. The predicted molar refractivity (Wildman–Crippen MR) is 137 cm³/mol. The Morgan fingerprint density at radius 1 is 0.806 bits per heavy atom. The van der Waals surface area contributed by atoms with E-state index in [2.05, 4.69) is 72.8 Å². The number of carbonyl (C=O) groups is 1. The van der Waals surface area contributed by atoms with E-state index in [9.17, 15) is 4.79 Å². The maximum absolute atomic E-state index is 12.7. The molecule has 2 nitrogen and oxygen atoms in total. The van der Waals surface area contributed by atoms with Crippen LogP contribution < -0.4 is 0 Å². The van der Waals surface area contributed by atoms with Crippen molar-refractivity contribution in [3.8, 4) is 0 Å². The number of thioether (sulfide) groups is 1. The molecule has 0 aromatic heterocycles. The van der Waals surface area contributed by atoms with E-state index in [1.54, 1.807) is 11.8 Å². The van der Waals surface area contributed by atoms with E-state index in [1.807, 2.05) is 39.0 Å². The fraction of sp³-hybridized carbons (Fsp3) is 0.269. The fourth-order valence-electron chi connectivity index (χ4n) is 3.43. The summed E-state index contributed by atoms with van der Waals surface area (Å²) in [6.45, 7) is 5.75. The second-order valence-corrected chi connectivity index (χ2v) is 11.2. The van der Waals surface area contributed by atoms with Gasteiger partial charge in [0.1, 0.15) is 0 Å². The summed E-state index contributed by atoms with van der Waals surface area (Å²) in [4.78, 5) is 12.7. The van der Waals surface area contributed by atoms with Crippen LogP contribution in [0.3, 0.4) is 0 Å². The summed E-state index contributed by atoms with van der Waals surface area (Å²) in [5.41, 5.74) is 3.14. The number of hydrogen-bond donors (Lipinski definition) is 0. The summed E-state index contributed by atoms with van der Waals surface area (Å²) < 4.78 is 5.08. The molecule has 0 saturated heterocycles. The molecule has 3 aromatic carbocycles. The molecule has 0 aliphatic heterocycles. The summed E-state index contributed by atoms with van der Waals surface area (Å²) in [5, 5.41) is 0. The fourth-order valence-corrected chi connectivity index (χ4v) is 5.65. The van der Waals surface area contributed by atoms with Gasteiger partial charge in [-0.05, 0) is 0 Å². The Labute approximate surface area is 205 Å². The summed E-state index contributed by atoms with van der Waals surface area (Å²) in [7, 11) is 0. The van der Waals surface area contributed by atoms with Crippen LogP contribution in [0, 0.1) is 0 Å². The zero-order valence-electron chi connectivity index (χ0n) is 18.2. The number of hydrogen-bond acceptors (Lipinski definition) is 3. The molecule has 1 unspecified atom stereocenters. The first-order valence-corrected chi connectivity index (χ1v) is 12.5. The normalized spacial score (nSPS) is 12.5. The molecule has 0 saturated carbocycles. The van der Waals surface area contributed by atoms with E-state index >= 15 is 0 Å². The van der Waals surface area contributed by atoms with Crippen molar-refractivity contribution in [1.82, 2.24) is 0 Å². The first kappa shape index (κ1) is 25.6. The second kappa shape index (κ2) is 11.3. The Kier molecular flexibility index (Phi) is 9.30. The third-order valence-electron chi connectivity index (χ3n) is 4.73. The maximum atomic E-state index is 12.7. The molecule has 0 fully saturated rings. The first-order valence-electron chi connectivity index (χ1n) is 10.1. The van der Waals surface area contributed by atoms with Gasteiger partial charge >= 0.3 is 193 Å². The van der Waals surface area contributed by atoms with Crippen LogP contribution in [0.25, 0.3) is 0 Å². The van der Waals surface area contributed by atoms with Crippen LogP contribution in [0.4, 0.5) is 0 Å². The van der Waals surface area contributed by atoms with E-state index < -0.39 is 10.3 Å². The monoisotopic (exact) mass is 516 g/mol. The molecule has 0 spiro atoms. The third-order valence-corrected chi connectivity index (χ3v) is 8.18. The minimum atomic E-state index is -0.471. The maximum Gasteiger partial charge on any atom is -0.147 e. The Morgan fingerprint density at radius 2 is 1.16 bits per heavy atom. The van der Waals surface area contributed by atoms with Crippen LogP contribution in [-0.4, -0.2) is 34.2 Å². The minimum absolute atomic E-state index is 0. The van der Waals surface area contributed by atoms with Gasteiger partial charge < -0.3 is 0 Å². The molecule has 164 valence electrons. The van der Waals surface area contributed by atoms with Gasteiger partial charge in [-0.2, -0.15) is 0 Å². The summed E-state index contributed by atoms with van der Waals surface area (Å²) in [6.07, 6.45) is 0. The van der Waals surface area contributed by atoms with Crippen LogP contribution in [0.15, 0.2) is 91.0 Å². The van der Waals surface area contributed by atoms with Crippen molar-refractivity contribution in [3.05, 3.63) is 108 Å². The van der Waals surface area contributed by atoms with E-state index in [4.69, 9.17) is 4.74 Å². The minimum Gasteiger partial charge on any atom is -0.147 e. The average molecular weight is 517 g/mol. The van der Waals surface area contributed by atoms with Crippen molar-refractivity contribution in [2.75, 3.05) is 5.75 Å². The van der Waals surface area contributed by atoms with Gasteiger partial charge in [0.15, 0.2) is 0 Å². The zero-order valence-corrected chi connectivity index (χ0v) is 22.2. The van der Waals surface area contributed by atoms with Crippen molar-refractivity contribution in [2.45, 2.75) is 35.8 Å². The van der Waals surface area contributed by atoms with E-state index in [-0.39, 0.29) is 23.1 Å². The Bertz CT molecular complexity index is 847. The van der Waals surface area contributed by atoms with E-state index in [1.165, 1.54) is 33.5 Å². The van der Waals surface area contributed by atoms with Crippen molar-refractivity contribution in [1.29, 1.82) is 0 Å². The van der Waals surface area contributed by atoms with E-state index in [0.717, 1.165) is 0 Å². The van der Waals surface area contributed by atoms with Crippen LogP contribution in [0.2, 0.25) is 4.71 Å². The van der Waals surface area contributed by atoms with E-state index in [0.29, 0.717) is 5.75 Å². The largest absolute Gasteiger partial charge is 0.147 e. The van der Waals surface area contributed by atoms with Crippen LogP contribution in [-0.2, 0) is 14.3 Å². The molecule has 0 aliphatic carbocycles. The van der Waals surface area contributed by atoms with Gasteiger partial charge in [0, 0.05) is 0 Å². The van der Waals surface area contributed by atoms with Gasteiger partial charge in [0.25, 0.3) is 0 Å². The van der Waals surface area contributed by atoms with Gasteiger partial charge in [-0.1, -0.05) is 0 Å². The molecule has 3 rings (SSSR count). The molecule has 0 heterocycles. The topological polar surface area (TPSA) is 26.3 Å². The summed E-state index contributed by atoms with van der Waals surface area (Å²) >= 11 is 3.22. The molecule has 0 radical (unpaired) electrons. The number of benzene rings is 3. The van der Waals surface area contributed by atoms with Crippen LogP contribution in [0.1, 0.15) is 37.5 Å². The van der Waals surface area contributed by atoms with Gasteiger partial charge in [0.2, 0.25) is 0 Å². The molecule has 0 N–H and O–H groups in total. The van der Waals surface area contributed by atoms with Crippen molar-refractivity contribution < 1.29 is 9.53 Å². The second-order valence-electron chi connectivity index (χ2n) is 8.23. The summed E-state index contributed by atoms with van der Waals surface area (Å²) in [6, 6.07) is 31.7. The number of ether oxygens (including phenoxy) is 1. The number of rotatable bonds is 7. The smallest absolute Gasteiger partial charge is 0.147 e. The Hall–Kier alpha value is -1.67. The van der Waals surface area contributed by atoms with Crippen molar-refractivity contribution in [3.63, 3.8) is 0 Å². The Morgan fingerprint density at radius 3 is 1.48 bits per heavy atom. The molecule has 0 bridgehead atoms. The molecular formula is C26H30AsClO2S. The number of esters is 1.